The summed E-state index contributed by atoms with van der Waals surface area (Å²) in [4.78, 5) is 33.3. The van der Waals surface area contributed by atoms with E-state index in [1.165, 1.54) is 42.2 Å². The van der Waals surface area contributed by atoms with Gasteiger partial charge in [0.2, 0.25) is 0 Å². The van der Waals surface area contributed by atoms with Crippen molar-refractivity contribution in [2.45, 2.75) is 38.1 Å². The zero-order valence-electron chi connectivity index (χ0n) is 22.2. The minimum atomic E-state index is -4.68. The largest absolute Gasteiger partial charge is 0.416 e. The lowest BCUT2D eigenvalue weighted by atomic mass is 9.78. The van der Waals surface area contributed by atoms with E-state index in [1.807, 2.05) is 0 Å². The Hall–Kier alpha value is -4.51. The number of aliphatic imine (C=N–C) groups is 1. The molecule has 0 spiro atoms. The molecule has 0 saturated carbocycles. The average Bonchev–Trinajstić information content (AvgIpc) is 2.94. The number of hydrogen-bond donors (Lipinski definition) is 3. The number of carbonyl (C=O) groups is 2. The van der Waals surface area contributed by atoms with Crippen molar-refractivity contribution in [1.82, 2.24) is 10.2 Å². The number of aliphatic hydroxyl groups excluding tert-OH is 1. The number of amidine groups is 1. The Kier molecular flexibility index (Phi) is 8.57. The molecule has 4 rings (SSSR count). The van der Waals surface area contributed by atoms with Crippen molar-refractivity contribution in [3.05, 3.63) is 113 Å². The number of benzene rings is 3. The van der Waals surface area contributed by atoms with E-state index in [-0.39, 0.29) is 29.2 Å². The number of amides is 2. The number of aliphatic hydroxyl groups is 1. The summed E-state index contributed by atoms with van der Waals surface area (Å²) < 4.78 is 53.9. The summed E-state index contributed by atoms with van der Waals surface area (Å²) in [6.45, 7) is 3.19. The lowest BCUT2D eigenvalue weighted by molar-refractivity contribution is -0.137. The van der Waals surface area contributed by atoms with Crippen LogP contribution in [-0.4, -0.2) is 46.3 Å². The fourth-order valence-corrected chi connectivity index (χ4v) is 4.69. The molecule has 0 aromatic heterocycles. The predicted molar refractivity (Wildman–Crippen MR) is 146 cm³/mol. The van der Waals surface area contributed by atoms with Crippen molar-refractivity contribution in [2.24, 2.45) is 10.7 Å². The second-order valence-electron chi connectivity index (χ2n) is 9.46. The second kappa shape index (κ2) is 11.9. The minimum Gasteiger partial charge on any atom is -0.400 e. The quantitative estimate of drug-likeness (QED) is 0.367. The molecule has 1 aliphatic rings. The third-order valence-electron chi connectivity index (χ3n) is 6.71. The first-order valence-corrected chi connectivity index (χ1v) is 12.8. The van der Waals surface area contributed by atoms with Crippen molar-refractivity contribution in [1.29, 1.82) is 0 Å². The SMILES string of the molecule is CCN1C(=O)C(NC(=O)c2cccc(C(F)(F)F)c2)C(c2ccc(F)cc2)/C(=C(/N)C(C)O)C1=Nc1ccccc1. The first-order chi connectivity index (χ1) is 19.4. The first-order valence-electron chi connectivity index (χ1n) is 12.8. The Labute approximate surface area is 234 Å². The van der Waals surface area contributed by atoms with Gasteiger partial charge >= 0.3 is 6.18 Å². The maximum Gasteiger partial charge on any atom is 0.416 e. The van der Waals surface area contributed by atoms with Crippen LogP contribution in [0.1, 0.15) is 41.3 Å². The normalized spacial score (nSPS) is 20.6. The number of nitrogens with zero attached hydrogens (tertiary/aromatic N) is 2. The lowest BCUT2D eigenvalue weighted by Crippen LogP contribution is -2.59. The van der Waals surface area contributed by atoms with E-state index >= 15 is 0 Å². The number of halogens is 4. The van der Waals surface area contributed by atoms with Gasteiger partial charge in [0.1, 0.15) is 17.7 Å². The summed E-state index contributed by atoms with van der Waals surface area (Å²) in [5.74, 6) is -3.04. The highest BCUT2D eigenvalue weighted by Crippen LogP contribution is 2.38. The van der Waals surface area contributed by atoms with Gasteiger partial charge in [-0.25, -0.2) is 9.38 Å². The molecule has 1 fully saturated rings. The van der Waals surface area contributed by atoms with Gasteiger partial charge in [0.15, 0.2) is 0 Å². The van der Waals surface area contributed by atoms with Crippen LogP contribution in [0.25, 0.3) is 0 Å². The smallest absolute Gasteiger partial charge is 0.400 e. The fourth-order valence-electron chi connectivity index (χ4n) is 4.69. The summed E-state index contributed by atoms with van der Waals surface area (Å²) in [7, 11) is 0. The average molecular weight is 569 g/mol. The van der Waals surface area contributed by atoms with Gasteiger partial charge in [0, 0.05) is 29.3 Å². The number of likely N-dealkylation sites (N-methyl/N-ethyl adjacent to an activating group) is 1. The number of likely N-dealkylation sites (tertiary alicyclic amines) is 1. The topological polar surface area (TPSA) is 108 Å². The highest BCUT2D eigenvalue weighted by atomic mass is 19.4. The number of hydrogen-bond acceptors (Lipinski definition) is 5. The van der Waals surface area contributed by atoms with Gasteiger partial charge in [0.05, 0.1) is 17.4 Å². The van der Waals surface area contributed by atoms with E-state index in [0.717, 1.165) is 12.1 Å². The molecule has 3 aromatic carbocycles. The Morgan fingerprint density at radius 3 is 2.32 bits per heavy atom. The standard InChI is InChI=1S/C30H28F4N4O3/c1-3-38-27(36-22-10-5-4-6-11-22)24(25(35)17(2)39)23(18-12-14-21(31)15-13-18)26(29(38)41)37-28(40)19-8-7-9-20(16-19)30(32,33)34/h4-17,23,26,39H,3,35H2,1-2H3,(H,37,40)/b25-24-,36-27?. The molecule has 7 nitrogen and oxygen atoms in total. The molecule has 2 amide bonds. The van der Waals surface area contributed by atoms with Crippen LogP contribution in [0.3, 0.4) is 0 Å². The monoisotopic (exact) mass is 568 g/mol. The molecule has 0 bridgehead atoms. The molecule has 4 N–H and O–H groups in total. The Morgan fingerprint density at radius 2 is 1.73 bits per heavy atom. The molecule has 11 heteroatoms. The van der Waals surface area contributed by atoms with E-state index in [0.29, 0.717) is 17.3 Å². The third-order valence-corrected chi connectivity index (χ3v) is 6.71. The predicted octanol–water partition coefficient (Wildman–Crippen LogP) is 4.91. The van der Waals surface area contributed by atoms with Gasteiger partial charge in [-0.15, -0.1) is 0 Å². The van der Waals surface area contributed by atoms with Crippen LogP contribution in [0.2, 0.25) is 0 Å². The van der Waals surface area contributed by atoms with Crippen LogP contribution < -0.4 is 11.1 Å². The number of carbonyl (C=O) groups excluding carboxylic acids is 2. The number of nitrogens with two attached hydrogens (primary N) is 1. The molecular weight excluding hydrogens is 540 g/mol. The summed E-state index contributed by atoms with van der Waals surface area (Å²) in [6.07, 6.45) is -5.89. The summed E-state index contributed by atoms with van der Waals surface area (Å²) in [5.41, 5.74) is 6.10. The van der Waals surface area contributed by atoms with Gasteiger partial charge in [-0.05, 0) is 61.9 Å². The van der Waals surface area contributed by atoms with Crippen molar-refractivity contribution in [2.75, 3.05) is 6.54 Å². The Morgan fingerprint density at radius 1 is 1.07 bits per heavy atom. The van der Waals surface area contributed by atoms with Crippen LogP contribution in [-0.2, 0) is 11.0 Å². The maximum absolute atomic E-state index is 14.0. The molecular formula is C30H28F4N4O3. The molecule has 214 valence electrons. The van der Waals surface area contributed by atoms with Crippen LogP contribution in [0.15, 0.2) is 95.1 Å². The molecule has 0 radical (unpaired) electrons. The molecule has 1 aliphatic heterocycles. The first kappa shape index (κ1) is 29.5. The van der Waals surface area contributed by atoms with E-state index in [9.17, 15) is 32.3 Å². The van der Waals surface area contributed by atoms with Gasteiger partial charge in [-0.2, -0.15) is 13.2 Å². The highest BCUT2D eigenvalue weighted by Gasteiger charge is 2.46. The summed E-state index contributed by atoms with van der Waals surface area (Å²) in [6, 6.07) is 16.3. The molecule has 41 heavy (non-hydrogen) atoms. The second-order valence-corrected chi connectivity index (χ2v) is 9.46. The number of rotatable bonds is 6. The molecule has 3 aromatic rings. The number of piperidine rings is 1. The summed E-state index contributed by atoms with van der Waals surface area (Å²) in [5, 5.41) is 13.1. The summed E-state index contributed by atoms with van der Waals surface area (Å²) >= 11 is 0. The van der Waals surface area contributed by atoms with Crippen molar-refractivity contribution < 1.29 is 32.3 Å². The van der Waals surface area contributed by atoms with Crippen LogP contribution >= 0.6 is 0 Å². The lowest BCUT2D eigenvalue weighted by Gasteiger charge is -2.41. The van der Waals surface area contributed by atoms with Gasteiger partial charge < -0.3 is 16.2 Å². The van der Waals surface area contributed by atoms with Gasteiger partial charge in [0.25, 0.3) is 11.8 Å². The number of nitrogens with one attached hydrogen (secondary N) is 1. The van der Waals surface area contributed by atoms with Gasteiger partial charge in [-0.3, -0.25) is 14.5 Å². The number of alkyl halides is 3. The zero-order chi connectivity index (χ0) is 29.9. The molecule has 3 unspecified atom stereocenters. The molecule has 1 heterocycles. The van der Waals surface area contributed by atoms with Crippen LogP contribution in [0, 0.1) is 5.82 Å². The van der Waals surface area contributed by atoms with E-state index in [2.05, 4.69) is 10.3 Å². The Balaban J connectivity index is 1.91. The van der Waals surface area contributed by atoms with E-state index in [1.54, 1.807) is 37.3 Å². The molecule has 3 atom stereocenters. The van der Waals surface area contributed by atoms with Crippen LogP contribution in [0.5, 0.6) is 0 Å². The van der Waals surface area contributed by atoms with Crippen molar-refractivity contribution >= 4 is 23.3 Å². The van der Waals surface area contributed by atoms with Crippen molar-refractivity contribution in [3.63, 3.8) is 0 Å². The number of para-hydroxylation sites is 1. The third kappa shape index (κ3) is 6.30. The minimum absolute atomic E-state index is 0.0433. The van der Waals surface area contributed by atoms with Crippen molar-refractivity contribution in [3.8, 4) is 0 Å². The van der Waals surface area contributed by atoms with Crippen LogP contribution in [0.4, 0.5) is 23.2 Å². The molecule has 0 aliphatic carbocycles. The zero-order valence-corrected chi connectivity index (χ0v) is 22.2. The van der Waals surface area contributed by atoms with E-state index in [4.69, 9.17) is 5.73 Å². The highest BCUT2D eigenvalue weighted by molar-refractivity contribution is 6.15. The van der Waals surface area contributed by atoms with Gasteiger partial charge in [-0.1, -0.05) is 36.4 Å². The van der Waals surface area contributed by atoms with E-state index < -0.39 is 47.4 Å². The fraction of sp³-hybridized carbons (Fsp3) is 0.233. The Bertz CT molecular complexity index is 1490. The molecule has 1 saturated heterocycles. The maximum atomic E-state index is 14.0.